The Bertz CT molecular complexity index is 617. The minimum Gasteiger partial charge on any atom is -0.444 e. The largest absolute Gasteiger partial charge is 0.444 e. The lowest BCUT2D eigenvalue weighted by Gasteiger charge is -2.27. The van der Waals surface area contributed by atoms with Gasteiger partial charge in [-0.3, -0.25) is 0 Å². The van der Waals surface area contributed by atoms with Crippen LogP contribution in [0, 0.1) is 11.7 Å². The molecule has 0 radical (unpaired) electrons. The summed E-state index contributed by atoms with van der Waals surface area (Å²) < 4.78 is 24.7. The van der Waals surface area contributed by atoms with Crippen molar-refractivity contribution in [2.24, 2.45) is 5.92 Å². The predicted octanol–water partition coefficient (Wildman–Crippen LogP) is 3.60. The summed E-state index contributed by atoms with van der Waals surface area (Å²) in [6, 6.07) is 4.30. The van der Waals surface area contributed by atoms with Gasteiger partial charge >= 0.3 is 6.09 Å². The van der Waals surface area contributed by atoms with Crippen LogP contribution in [0.15, 0.2) is 18.2 Å². The molecule has 0 bridgehead atoms. The van der Waals surface area contributed by atoms with E-state index >= 15 is 0 Å². The molecule has 5 nitrogen and oxygen atoms in total. The van der Waals surface area contributed by atoms with Crippen LogP contribution in [0.25, 0.3) is 0 Å². The number of carbonyl (C=O) groups is 2. The van der Waals surface area contributed by atoms with E-state index in [0.717, 1.165) is 6.29 Å². The molecule has 1 amide bonds. The third-order valence-electron chi connectivity index (χ3n) is 3.58. The van der Waals surface area contributed by atoms with Crippen LogP contribution in [-0.4, -0.2) is 42.6 Å². The van der Waals surface area contributed by atoms with Crippen LogP contribution in [0.2, 0.25) is 5.02 Å². The lowest BCUT2D eigenvalue weighted by atomic mass is 9.96. The van der Waals surface area contributed by atoms with Crippen molar-refractivity contribution < 1.29 is 23.5 Å². The van der Waals surface area contributed by atoms with Gasteiger partial charge in [-0.2, -0.15) is 0 Å². The molecule has 0 unspecified atom stereocenters. The molecule has 132 valence electrons. The van der Waals surface area contributed by atoms with Gasteiger partial charge in [-0.05, 0) is 38.5 Å². The Morgan fingerprint density at radius 1 is 1.46 bits per heavy atom. The molecule has 1 aromatic carbocycles. The van der Waals surface area contributed by atoms with Crippen LogP contribution >= 0.6 is 11.6 Å². The number of halogens is 2. The van der Waals surface area contributed by atoms with Crippen molar-refractivity contribution in [2.75, 3.05) is 19.7 Å². The molecule has 2 atom stereocenters. The second-order valence-electron chi connectivity index (χ2n) is 6.69. The normalized spacial score (nSPS) is 22.0. The number of benzene rings is 1. The number of nitrogens with zero attached hydrogens (tertiary/aromatic N) is 1. The molecule has 1 aliphatic rings. The maximum absolute atomic E-state index is 13.7. The molecule has 1 heterocycles. The predicted molar refractivity (Wildman–Crippen MR) is 87.5 cm³/mol. The van der Waals surface area contributed by atoms with E-state index in [-0.39, 0.29) is 18.2 Å². The van der Waals surface area contributed by atoms with E-state index in [1.165, 1.54) is 17.0 Å². The van der Waals surface area contributed by atoms with Gasteiger partial charge in [0.1, 0.15) is 17.7 Å². The molecular formula is C17H21ClFNO4. The van der Waals surface area contributed by atoms with Gasteiger partial charge in [0.05, 0.1) is 23.7 Å². The summed E-state index contributed by atoms with van der Waals surface area (Å²) >= 11 is 5.69. The van der Waals surface area contributed by atoms with Gasteiger partial charge in [0, 0.05) is 13.1 Å². The first-order chi connectivity index (χ1) is 11.2. The zero-order valence-electron chi connectivity index (χ0n) is 13.9. The zero-order valence-corrected chi connectivity index (χ0v) is 14.7. The van der Waals surface area contributed by atoms with Crippen molar-refractivity contribution in [1.82, 2.24) is 4.90 Å². The number of ether oxygens (including phenoxy) is 2. The number of aldehydes is 1. The molecule has 0 aromatic heterocycles. The molecule has 1 saturated heterocycles. The Kier molecular flexibility index (Phi) is 5.83. The van der Waals surface area contributed by atoms with Crippen LogP contribution < -0.4 is 0 Å². The van der Waals surface area contributed by atoms with Crippen molar-refractivity contribution in [2.45, 2.75) is 32.5 Å². The minimum absolute atomic E-state index is 0.00501. The lowest BCUT2D eigenvalue weighted by molar-refractivity contribution is -0.115. The highest BCUT2D eigenvalue weighted by Crippen LogP contribution is 2.30. The van der Waals surface area contributed by atoms with Gasteiger partial charge in [-0.15, -0.1) is 0 Å². The minimum atomic E-state index is -0.637. The van der Waals surface area contributed by atoms with E-state index in [1.54, 1.807) is 26.8 Å². The van der Waals surface area contributed by atoms with Gasteiger partial charge in [-0.1, -0.05) is 17.7 Å². The SMILES string of the molecule is CC(C)(C)OC(=O)N1CCO[C@@H](c2ccc(Cl)c(F)c2)[C@H](C=O)C1. The molecule has 2 rings (SSSR count). The fourth-order valence-electron chi connectivity index (χ4n) is 2.49. The van der Waals surface area contributed by atoms with E-state index < -0.39 is 29.5 Å². The lowest BCUT2D eigenvalue weighted by Crippen LogP contribution is -2.40. The topological polar surface area (TPSA) is 55.8 Å². The molecule has 24 heavy (non-hydrogen) atoms. The molecule has 1 aliphatic heterocycles. The Labute approximate surface area is 145 Å². The van der Waals surface area contributed by atoms with Crippen LogP contribution in [-0.2, 0) is 14.3 Å². The highest BCUT2D eigenvalue weighted by atomic mass is 35.5. The van der Waals surface area contributed by atoms with Crippen LogP contribution in [0.5, 0.6) is 0 Å². The Hall–Kier alpha value is -1.66. The Morgan fingerprint density at radius 2 is 2.17 bits per heavy atom. The molecule has 0 aliphatic carbocycles. The van der Waals surface area contributed by atoms with Gasteiger partial charge < -0.3 is 19.2 Å². The summed E-state index contributed by atoms with van der Waals surface area (Å²) in [4.78, 5) is 25.2. The average Bonchev–Trinajstić information content (AvgIpc) is 2.70. The molecule has 0 spiro atoms. The van der Waals surface area contributed by atoms with E-state index in [1.807, 2.05) is 0 Å². The molecule has 0 saturated carbocycles. The van der Waals surface area contributed by atoms with Crippen molar-refractivity contribution in [1.29, 1.82) is 0 Å². The molecule has 1 fully saturated rings. The van der Waals surface area contributed by atoms with E-state index in [4.69, 9.17) is 21.1 Å². The van der Waals surface area contributed by atoms with Gasteiger partial charge in [0.25, 0.3) is 0 Å². The van der Waals surface area contributed by atoms with Crippen molar-refractivity contribution >= 4 is 24.0 Å². The fraction of sp³-hybridized carbons (Fsp3) is 0.529. The first-order valence-corrected chi connectivity index (χ1v) is 8.09. The van der Waals surface area contributed by atoms with Gasteiger partial charge in [0.15, 0.2) is 0 Å². The number of hydrogen-bond acceptors (Lipinski definition) is 4. The van der Waals surface area contributed by atoms with Crippen LogP contribution in [0.1, 0.15) is 32.4 Å². The fourth-order valence-corrected chi connectivity index (χ4v) is 2.61. The molecule has 1 aromatic rings. The number of rotatable bonds is 2. The monoisotopic (exact) mass is 357 g/mol. The quantitative estimate of drug-likeness (QED) is 0.759. The highest BCUT2D eigenvalue weighted by molar-refractivity contribution is 6.30. The number of carbonyl (C=O) groups excluding carboxylic acids is 2. The second kappa shape index (κ2) is 7.49. The van der Waals surface area contributed by atoms with Gasteiger partial charge in [0.2, 0.25) is 0 Å². The molecule has 7 heteroatoms. The Balaban J connectivity index is 2.18. The molecular weight excluding hydrogens is 337 g/mol. The summed E-state index contributed by atoms with van der Waals surface area (Å²) in [6.07, 6.45) is -0.414. The standard InChI is InChI=1S/C17H21ClFNO4/c1-17(2,3)24-16(22)20-6-7-23-15(12(9-20)10-21)11-4-5-13(18)14(19)8-11/h4-5,8,10,12,15H,6-7,9H2,1-3H3/t12-,15-/m0/s1. The summed E-state index contributed by atoms with van der Waals surface area (Å²) in [6.45, 7) is 5.98. The average molecular weight is 358 g/mol. The summed E-state index contributed by atoms with van der Waals surface area (Å²) in [5, 5.41) is 0.00501. The van der Waals surface area contributed by atoms with Crippen molar-refractivity contribution in [3.63, 3.8) is 0 Å². The third kappa shape index (κ3) is 4.68. The number of amides is 1. The first kappa shape index (κ1) is 18.7. The van der Waals surface area contributed by atoms with Crippen LogP contribution in [0.3, 0.4) is 0 Å². The maximum Gasteiger partial charge on any atom is 0.410 e. The number of hydrogen-bond donors (Lipinski definition) is 0. The van der Waals surface area contributed by atoms with Crippen LogP contribution in [0.4, 0.5) is 9.18 Å². The maximum atomic E-state index is 13.7. The second-order valence-corrected chi connectivity index (χ2v) is 7.10. The molecule has 0 N–H and O–H groups in total. The third-order valence-corrected chi connectivity index (χ3v) is 3.88. The van der Waals surface area contributed by atoms with Crippen molar-refractivity contribution in [3.05, 3.63) is 34.6 Å². The summed E-state index contributed by atoms with van der Waals surface area (Å²) in [5.74, 6) is -1.20. The van der Waals surface area contributed by atoms with E-state index in [0.29, 0.717) is 12.1 Å². The highest BCUT2D eigenvalue weighted by Gasteiger charge is 2.33. The smallest absolute Gasteiger partial charge is 0.410 e. The Morgan fingerprint density at radius 3 is 2.75 bits per heavy atom. The summed E-state index contributed by atoms with van der Waals surface area (Å²) in [7, 11) is 0. The first-order valence-electron chi connectivity index (χ1n) is 7.71. The van der Waals surface area contributed by atoms with Gasteiger partial charge in [-0.25, -0.2) is 9.18 Å². The van der Waals surface area contributed by atoms with E-state index in [9.17, 15) is 14.0 Å². The van der Waals surface area contributed by atoms with E-state index in [2.05, 4.69) is 0 Å². The zero-order chi connectivity index (χ0) is 17.9. The summed E-state index contributed by atoms with van der Waals surface area (Å²) in [5.41, 5.74) is -0.111. The van der Waals surface area contributed by atoms with Crippen molar-refractivity contribution in [3.8, 4) is 0 Å².